The third kappa shape index (κ3) is 3.60. The summed E-state index contributed by atoms with van der Waals surface area (Å²) in [5, 5.41) is 14.4. The minimum Gasteiger partial charge on any atom is -0.309 e. The largest absolute Gasteiger partial charge is 0.416 e. The Morgan fingerprint density at radius 1 is 1.26 bits per heavy atom. The average Bonchev–Trinajstić information content (AvgIpc) is 3.46. The zero-order chi connectivity index (χ0) is 21.8. The zero-order valence-electron chi connectivity index (χ0n) is 15.8. The number of nitrogens with one attached hydrogen (secondary N) is 1. The summed E-state index contributed by atoms with van der Waals surface area (Å²) in [6, 6.07) is 2.85. The summed E-state index contributed by atoms with van der Waals surface area (Å²) in [7, 11) is 0. The van der Waals surface area contributed by atoms with Crippen molar-refractivity contribution >= 4 is 28.3 Å². The van der Waals surface area contributed by atoms with Gasteiger partial charge in [0, 0.05) is 5.39 Å². The SMILES string of the molecule is O=C(Cc1nn(C2CC2)c2cc(C(F)(F)F)ccc2c1=O)Nc1cn2cnnc2cn1. The van der Waals surface area contributed by atoms with E-state index in [0.29, 0.717) is 5.65 Å². The first-order chi connectivity index (χ1) is 14.8. The van der Waals surface area contributed by atoms with Gasteiger partial charge in [-0.15, -0.1) is 10.2 Å². The summed E-state index contributed by atoms with van der Waals surface area (Å²) in [4.78, 5) is 29.4. The molecule has 1 fully saturated rings. The van der Waals surface area contributed by atoms with E-state index in [0.717, 1.165) is 31.0 Å². The van der Waals surface area contributed by atoms with Crippen LogP contribution in [0.2, 0.25) is 0 Å². The number of aromatic nitrogens is 6. The number of hydrogen-bond acceptors (Lipinski definition) is 6. The van der Waals surface area contributed by atoms with E-state index in [4.69, 9.17) is 0 Å². The van der Waals surface area contributed by atoms with Crippen LogP contribution in [0, 0.1) is 0 Å². The summed E-state index contributed by atoms with van der Waals surface area (Å²) in [5.41, 5.74) is -0.845. The van der Waals surface area contributed by atoms with Crippen molar-refractivity contribution in [2.75, 3.05) is 5.32 Å². The number of fused-ring (bicyclic) bond motifs is 2. The highest BCUT2D eigenvalue weighted by atomic mass is 19.4. The number of halogens is 3. The van der Waals surface area contributed by atoms with Crippen molar-refractivity contribution in [3.8, 4) is 0 Å². The van der Waals surface area contributed by atoms with Gasteiger partial charge in [0.05, 0.1) is 35.9 Å². The molecule has 1 aliphatic rings. The number of hydrogen-bond donors (Lipinski definition) is 1. The van der Waals surface area contributed by atoms with Gasteiger partial charge in [-0.25, -0.2) is 4.98 Å². The van der Waals surface area contributed by atoms with Gasteiger partial charge in [-0.2, -0.15) is 18.3 Å². The van der Waals surface area contributed by atoms with Gasteiger partial charge in [0.2, 0.25) is 11.3 Å². The number of alkyl halides is 3. The molecule has 0 bridgehead atoms. The van der Waals surface area contributed by atoms with E-state index in [-0.39, 0.29) is 34.9 Å². The summed E-state index contributed by atoms with van der Waals surface area (Å²) in [6.45, 7) is 0. The molecule has 3 heterocycles. The fraction of sp³-hybridized carbons (Fsp3) is 0.263. The Kier molecular flexibility index (Phi) is 4.24. The lowest BCUT2D eigenvalue weighted by atomic mass is 10.1. The van der Waals surface area contributed by atoms with Crippen molar-refractivity contribution < 1.29 is 18.0 Å². The number of rotatable bonds is 4. The van der Waals surface area contributed by atoms with Crippen molar-refractivity contribution in [2.45, 2.75) is 31.5 Å². The van der Waals surface area contributed by atoms with E-state index in [1.165, 1.54) is 23.4 Å². The summed E-state index contributed by atoms with van der Waals surface area (Å²) in [6.07, 6.45) is 1.00. The first-order valence-corrected chi connectivity index (χ1v) is 9.37. The van der Waals surface area contributed by atoms with Crippen LogP contribution in [0.5, 0.6) is 0 Å². The first-order valence-electron chi connectivity index (χ1n) is 9.37. The zero-order valence-corrected chi connectivity index (χ0v) is 15.8. The fourth-order valence-electron chi connectivity index (χ4n) is 3.33. The molecule has 158 valence electrons. The average molecular weight is 429 g/mol. The molecular weight excluding hydrogens is 415 g/mol. The molecule has 12 heteroatoms. The van der Waals surface area contributed by atoms with Crippen LogP contribution in [0.25, 0.3) is 16.6 Å². The van der Waals surface area contributed by atoms with Gasteiger partial charge < -0.3 is 5.32 Å². The molecule has 1 aliphatic carbocycles. The van der Waals surface area contributed by atoms with Crippen molar-refractivity contribution in [3.63, 3.8) is 0 Å². The molecule has 1 saturated carbocycles. The molecule has 1 amide bonds. The highest BCUT2D eigenvalue weighted by Gasteiger charge is 2.33. The highest BCUT2D eigenvalue weighted by molar-refractivity contribution is 5.91. The van der Waals surface area contributed by atoms with Crippen molar-refractivity contribution in [1.82, 2.24) is 29.4 Å². The predicted molar refractivity (Wildman–Crippen MR) is 102 cm³/mol. The molecule has 0 spiro atoms. The Balaban J connectivity index is 1.48. The maximum atomic E-state index is 13.1. The van der Waals surface area contributed by atoms with Gasteiger partial charge in [-0.1, -0.05) is 0 Å². The Morgan fingerprint density at radius 3 is 2.81 bits per heavy atom. The van der Waals surface area contributed by atoms with Gasteiger partial charge in [-0.3, -0.25) is 18.7 Å². The molecule has 9 nitrogen and oxygen atoms in total. The van der Waals surface area contributed by atoms with Crippen LogP contribution in [0.1, 0.15) is 30.1 Å². The second kappa shape index (κ2) is 6.86. The van der Waals surface area contributed by atoms with Crippen LogP contribution in [-0.4, -0.2) is 35.3 Å². The molecule has 4 aromatic rings. The third-order valence-corrected chi connectivity index (χ3v) is 4.98. The maximum absolute atomic E-state index is 13.1. The number of amides is 1. The second-order valence-corrected chi connectivity index (χ2v) is 7.28. The molecule has 3 aromatic heterocycles. The van der Waals surface area contributed by atoms with Crippen LogP contribution >= 0.6 is 0 Å². The molecule has 0 aliphatic heterocycles. The van der Waals surface area contributed by atoms with Crippen LogP contribution in [0.4, 0.5) is 19.0 Å². The number of anilines is 1. The van der Waals surface area contributed by atoms with E-state index in [1.807, 2.05) is 0 Å². The smallest absolute Gasteiger partial charge is 0.309 e. The van der Waals surface area contributed by atoms with Crippen LogP contribution in [0.15, 0.2) is 41.7 Å². The molecule has 31 heavy (non-hydrogen) atoms. The van der Waals surface area contributed by atoms with Crippen molar-refractivity contribution in [1.29, 1.82) is 0 Å². The van der Waals surface area contributed by atoms with Crippen LogP contribution in [0.3, 0.4) is 0 Å². The van der Waals surface area contributed by atoms with Gasteiger partial charge in [0.15, 0.2) is 5.65 Å². The van der Waals surface area contributed by atoms with Gasteiger partial charge in [-0.05, 0) is 31.0 Å². The Labute approximate surface area is 171 Å². The van der Waals surface area contributed by atoms with Crippen molar-refractivity contribution in [3.05, 3.63) is 58.4 Å². The topological polar surface area (TPSA) is 107 Å². The first kappa shape index (κ1) is 19.2. The van der Waals surface area contributed by atoms with E-state index in [9.17, 15) is 22.8 Å². The summed E-state index contributed by atoms with van der Waals surface area (Å²) >= 11 is 0. The monoisotopic (exact) mass is 429 g/mol. The molecule has 1 aromatic carbocycles. The van der Waals surface area contributed by atoms with E-state index >= 15 is 0 Å². The second-order valence-electron chi connectivity index (χ2n) is 7.28. The quantitative estimate of drug-likeness (QED) is 0.534. The molecule has 1 N–H and O–H groups in total. The lowest BCUT2D eigenvalue weighted by Gasteiger charge is -2.14. The van der Waals surface area contributed by atoms with Crippen molar-refractivity contribution in [2.24, 2.45) is 0 Å². The molecule has 0 saturated heterocycles. The van der Waals surface area contributed by atoms with Gasteiger partial charge in [0.25, 0.3) is 0 Å². The maximum Gasteiger partial charge on any atom is 0.416 e. The van der Waals surface area contributed by atoms with Crippen LogP contribution in [-0.2, 0) is 17.4 Å². The molecule has 0 radical (unpaired) electrons. The van der Waals surface area contributed by atoms with E-state index in [2.05, 4.69) is 25.6 Å². The summed E-state index contributed by atoms with van der Waals surface area (Å²) < 4.78 is 42.4. The normalized spacial score (nSPS) is 14.3. The number of benzene rings is 1. The minimum absolute atomic E-state index is 0.0398. The van der Waals surface area contributed by atoms with Gasteiger partial charge in [0.1, 0.15) is 17.8 Å². The lowest BCUT2D eigenvalue weighted by molar-refractivity contribution is -0.137. The standard InChI is InChI=1S/C19H14F3N7O2/c20-19(21,22)10-1-4-12-14(5-10)29(11-2-3-11)27-13(18(12)31)6-17(30)25-15-8-28-9-24-26-16(28)7-23-15/h1,4-5,7-9,11H,2-3,6H2,(H,25,30). The molecular formula is C19H14F3N7O2. The minimum atomic E-state index is -4.53. The molecule has 0 atom stereocenters. The van der Waals surface area contributed by atoms with Gasteiger partial charge >= 0.3 is 6.18 Å². The van der Waals surface area contributed by atoms with E-state index in [1.54, 1.807) is 4.40 Å². The molecule has 5 rings (SSSR count). The third-order valence-electron chi connectivity index (χ3n) is 4.98. The van der Waals surface area contributed by atoms with E-state index < -0.39 is 23.1 Å². The molecule has 0 unspecified atom stereocenters. The Hall–Kier alpha value is -3.83. The number of carbonyl (C=O) groups is 1. The predicted octanol–water partition coefficient (Wildman–Crippen LogP) is 2.37. The Morgan fingerprint density at radius 2 is 2.06 bits per heavy atom. The van der Waals surface area contributed by atoms with Crippen LogP contribution < -0.4 is 10.7 Å². The Bertz CT molecular complexity index is 1390. The highest BCUT2D eigenvalue weighted by Crippen LogP contribution is 2.37. The summed E-state index contributed by atoms with van der Waals surface area (Å²) in [5.74, 6) is -0.298. The fourth-order valence-corrected chi connectivity index (χ4v) is 3.33. The lowest BCUT2D eigenvalue weighted by Crippen LogP contribution is -2.25. The number of nitrogens with zero attached hydrogens (tertiary/aromatic N) is 6. The number of carbonyl (C=O) groups excluding carboxylic acids is 1.